The Balaban J connectivity index is 3.38. The van der Waals surface area contributed by atoms with E-state index in [1.165, 1.54) is 0 Å². The number of rotatable bonds is 5. The summed E-state index contributed by atoms with van der Waals surface area (Å²) in [5.74, 6) is 2.56. The van der Waals surface area contributed by atoms with Crippen LogP contribution in [0.3, 0.4) is 0 Å². The fraction of sp³-hybridized carbons (Fsp3) is 0.733. The van der Waals surface area contributed by atoms with Crippen LogP contribution >= 0.6 is 0 Å². The number of likely N-dealkylation sites (N-methyl/N-ethyl adjacent to an activating group) is 1. The standard InChI is InChI=1S/C15H28N4O/c1-8-16-12-11(3)13(19(7)10(2)9-20)18-14(17-12)15(4,5)6/h10,20H,8-9H2,1-7H3,(H,16,17,18). The molecule has 1 rings (SSSR count). The second-order valence-electron chi connectivity index (χ2n) is 6.27. The molecule has 0 saturated heterocycles. The van der Waals surface area contributed by atoms with Crippen LogP contribution in [0.5, 0.6) is 0 Å². The van der Waals surface area contributed by atoms with Crippen molar-refractivity contribution in [3.63, 3.8) is 0 Å². The third-order valence-corrected chi connectivity index (χ3v) is 3.39. The monoisotopic (exact) mass is 280 g/mol. The van der Waals surface area contributed by atoms with Crippen molar-refractivity contribution in [2.75, 3.05) is 30.4 Å². The molecule has 0 aliphatic heterocycles. The molecule has 0 aliphatic carbocycles. The molecule has 2 N–H and O–H groups in total. The van der Waals surface area contributed by atoms with Gasteiger partial charge in [-0.2, -0.15) is 0 Å². The molecular weight excluding hydrogens is 252 g/mol. The van der Waals surface area contributed by atoms with Crippen LogP contribution in [0.15, 0.2) is 0 Å². The highest BCUT2D eigenvalue weighted by atomic mass is 16.3. The second-order valence-corrected chi connectivity index (χ2v) is 6.27. The molecule has 0 aromatic carbocycles. The van der Waals surface area contributed by atoms with Crippen LogP contribution in [0.25, 0.3) is 0 Å². The number of anilines is 2. The molecule has 1 atom stereocenters. The van der Waals surface area contributed by atoms with E-state index in [2.05, 4.69) is 38.0 Å². The van der Waals surface area contributed by atoms with Crippen molar-refractivity contribution in [3.05, 3.63) is 11.4 Å². The molecule has 5 nitrogen and oxygen atoms in total. The Kier molecular flexibility index (Phi) is 5.34. The predicted octanol–water partition coefficient (Wildman–Crippen LogP) is 2.33. The van der Waals surface area contributed by atoms with Crippen LogP contribution in [0.1, 0.15) is 46.0 Å². The zero-order valence-corrected chi connectivity index (χ0v) is 13.8. The van der Waals surface area contributed by atoms with E-state index in [0.29, 0.717) is 0 Å². The molecule has 0 saturated carbocycles. The van der Waals surface area contributed by atoms with Crippen molar-refractivity contribution >= 4 is 11.6 Å². The lowest BCUT2D eigenvalue weighted by atomic mass is 9.95. The fourth-order valence-corrected chi connectivity index (χ4v) is 1.85. The first-order chi connectivity index (χ1) is 9.22. The number of nitrogens with one attached hydrogen (secondary N) is 1. The summed E-state index contributed by atoms with van der Waals surface area (Å²) in [4.78, 5) is 11.4. The van der Waals surface area contributed by atoms with Gasteiger partial charge in [-0.3, -0.25) is 0 Å². The summed E-state index contributed by atoms with van der Waals surface area (Å²) in [5, 5.41) is 12.7. The van der Waals surface area contributed by atoms with Crippen molar-refractivity contribution in [1.82, 2.24) is 9.97 Å². The van der Waals surface area contributed by atoms with E-state index < -0.39 is 0 Å². The number of aromatic nitrogens is 2. The van der Waals surface area contributed by atoms with Gasteiger partial charge in [-0.25, -0.2) is 9.97 Å². The summed E-state index contributed by atoms with van der Waals surface area (Å²) < 4.78 is 0. The van der Waals surface area contributed by atoms with Gasteiger partial charge in [0.05, 0.1) is 12.6 Å². The van der Waals surface area contributed by atoms with Gasteiger partial charge in [-0.1, -0.05) is 20.8 Å². The van der Waals surface area contributed by atoms with Crippen molar-refractivity contribution < 1.29 is 5.11 Å². The van der Waals surface area contributed by atoms with Gasteiger partial charge in [-0.15, -0.1) is 0 Å². The maximum absolute atomic E-state index is 9.36. The Bertz CT molecular complexity index is 454. The molecule has 0 amide bonds. The number of hydrogen-bond donors (Lipinski definition) is 2. The van der Waals surface area contributed by atoms with Crippen molar-refractivity contribution in [3.8, 4) is 0 Å². The Morgan fingerprint density at radius 1 is 1.30 bits per heavy atom. The molecule has 0 fully saturated rings. The van der Waals surface area contributed by atoms with E-state index in [4.69, 9.17) is 4.98 Å². The topological polar surface area (TPSA) is 61.3 Å². The normalized spacial score (nSPS) is 13.2. The molecule has 0 spiro atoms. The van der Waals surface area contributed by atoms with Crippen molar-refractivity contribution in [2.45, 2.75) is 53.0 Å². The lowest BCUT2D eigenvalue weighted by molar-refractivity contribution is 0.269. The summed E-state index contributed by atoms with van der Waals surface area (Å²) in [6, 6.07) is 0.0193. The Hall–Kier alpha value is -1.36. The summed E-state index contributed by atoms with van der Waals surface area (Å²) >= 11 is 0. The maximum Gasteiger partial charge on any atom is 0.138 e. The molecule has 1 aromatic heterocycles. The van der Waals surface area contributed by atoms with E-state index in [9.17, 15) is 5.11 Å². The Morgan fingerprint density at radius 3 is 2.35 bits per heavy atom. The molecule has 5 heteroatoms. The van der Waals surface area contributed by atoms with Crippen molar-refractivity contribution in [1.29, 1.82) is 0 Å². The highest BCUT2D eigenvalue weighted by Gasteiger charge is 2.23. The van der Waals surface area contributed by atoms with Gasteiger partial charge in [0.1, 0.15) is 17.5 Å². The molecule has 114 valence electrons. The smallest absolute Gasteiger partial charge is 0.138 e. The van der Waals surface area contributed by atoms with E-state index in [1.54, 1.807) is 0 Å². The number of aliphatic hydroxyl groups excluding tert-OH is 1. The highest BCUT2D eigenvalue weighted by Crippen LogP contribution is 2.28. The number of aliphatic hydroxyl groups is 1. The largest absolute Gasteiger partial charge is 0.394 e. The van der Waals surface area contributed by atoms with Crippen LogP contribution in [-0.2, 0) is 5.41 Å². The molecule has 1 heterocycles. The van der Waals surface area contributed by atoms with Gasteiger partial charge in [0.2, 0.25) is 0 Å². The zero-order valence-electron chi connectivity index (χ0n) is 13.8. The molecule has 0 radical (unpaired) electrons. The summed E-state index contributed by atoms with van der Waals surface area (Å²) in [7, 11) is 1.96. The third kappa shape index (κ3) is 3.60. The van der Waals surface area contributed by atoms with Crippen LogP contribution < -0.4 is 10.2 Å². The van der Waals surface area contributed by atoms with Crippen molar-refractivity contribution in [2.24, 2.45) is 0 Å². The minimum atomic E-state index is -0.115. The first-order valence-corrected chi connectivity index (χ1v) is 7.19. The zero-order chi connectivity index (χ0) is 15.5. The summed E-state index contributed by atoms with van der Waals surface area (Å²) in [6.07, 6.45) is 0. The Labute approximate surface area is 122 Å². The first kappa shape index (κ1) is 16.7. The van der Waals surface area contributed by atoms with Gasteiger partial charge in [0.25, 0.3) is 0 Å². The first-order valence-electron chi connectivity index (χ1n) is 7.19. The molecule has 1 unspecified atom stereocenters. The van der Waals surface area contributed by atoms with Gasteiger partial charge < -0.3 is 15.3 Å². The lowest BCUT2D eigenvalue weighted by Crippen LogP contribution is -2.34. The highest BCUT2D eigenvalue weighted by molar-refractivity contribution is 5.59. The minimum Gasteiger partial charge on any atom is -0.394 e. The minimum absolute atomic E-state index is 0.0193. The average Bonchev–Trinajstić information content (AvgIpc) is 2.38. The average molecular weight is 280 g/mol. The molecule has 0 bridgehead atoms. The van der Waals surface area contributed by atoms with Crippen LogP contribution in [0, 0.1) is 6.92 Å². The Morgan fingerprint density at radius 2 is 1.90 bits per heavy atom. The SMILES string of the molecule is CCNc1nc(C(C)(C)C)nc(N(C)C(C)CO)c1C. The van der Waals surface area contributed by atoms with Gasteiger partial charge >= 0.3 is 0 Å². The van der Waals surface area contributed by atoms with E-state index in [1.807, 2.05) is 25.8 Å². The van der Waals surface area contributed by atoms with Gasteiger partial charge in [0.15, 0.2) is 0 Å². The maximum atomic E-state index is 9.36. The van der Waals surface area contributed by atoms with Crippen LogP contribution in [0.4, 0.5) is 11.6 Å². The predicted molar refractivity (Wildman–Crippen MR) is 84.6 cm³/mol. The van der Waals surface area contributed by atoms with Gasteiger partial charge in [-0.05, 0) is 20.8 Å². The molecule has 20 heavy (non-hydrogen) atoms. The van der Waals surface area contributed by atoms with Crippen LogP contribution in [-0.4, -0.2) is 41.3 Å². The molecule has 1 aromatic rings. The molecule has 0 aliphatic rings. The lowest BCUT2D eigenvalue weighted by Gasteiger charge is -2.29. The molecular formula is C15H28N4O. The van der Waals surface area contributed by atoms with Crippen LogP contribution in [0.2, 0.25) is 0 Å². The summed E-state index contributed by atoms with van der Waals surface area (Å²) in [5.41, 5.74) is 0.901. The van der Waals surface area contributed by atoms with E-state index in [-0.39, 0.29) is 18.1 Å². The number of hydrogen-bond acceptors (Lipinski definition) is 5. The third-order valence-electron chi connectivity index (χ3n) is 3.39. The van der Waals surface area contributed by atoms with Gasteiger partial charge in [0, 0.05) is 24.6 Å². The quantitative estimate of drug-likeness (QED) is 0.867. The fourth-order valence-electron chi connectivity index (χ4n) is 1.85. The summed E-state index contributed by atoms with van der Waals surface area (Å²) in [6.45, 7) is 13.3. The number of nitrogens with zero attached hydrogens (tertiary/aromatic N) is 3. The van der Waals surface area contributed by atoms with E-state index >= 15 is 0 Å². The van der Waals surface area contributed by atoms with E-state index in [0.717, 1.165) is 29.6 Å². The second kappa shape index (κ2) is 6.39.